The van der Waals surface area contributed by atoms with Gasteiger partial charge in [-0.2, -0.15) is 5.26 Å². The summed E-state index contributed by atoms with van der Waals surface area (Å²) in [6, 6.07) is 1.92. The van der Waals surface area contributed by atoms with E-state index in [-0.39, 0.29) is 12.2 Å². The molecule has 0 N–H and O–H groups in total. The number of carbonyl (C=O) groups excluding carboxylic acids is 1. The number of carbonyl (C=O) groups is 1. The first-order valence-corrected chi connectivity index (χ1v) is 5.62. The third kappa shape index (κ3) is 2.11. The summed E-state index contributed by atoms with van der Waals surface area (Å²) in [7, 11) is 0. The number of rotatable bonds is 2. The van der Waals surface area contributed by atoms with E-state index in [0.29, 0.717) is 5.70 Å². The predicted octanol–water partition coefficient (Wildman–Crippen LogP) is 2.17. The molecular weight excluding hydrogens is 228 g/mol. The summed E-state index contributed by atoms with van der Waals surface area (Å²) in [6.07, 6.45) is 12.9. The van der Waals surface area contributed by atoms with Crippen LogP contribution < -0.4 is 0 Å². The van der Waals surface area contributed by atoms with E-state index in [2.05, 4.69) is 0 Å². The van der Waals surface area contributed by atoms with Gasteiger partial charge in [0.25, 0.3) is 0 Å². The van der Waals surface area contributed by atoms with Gasteiger partial charge < -0.3 is 9.64 Å². The number of hydrogen-bond acceptors (Lipinski definition) is 4. The van der Waals surface area contributed by atoms with Gasteiger partial charge in [-0.1, -0.05) is 12.2 Å². The molecule has 0 fully saturated rings. The lowest BCUT2D eigenvalue weighted by atomic mass is 10.1. The molecule has 0 bridgehead atoms. The normalized spacial score (nSPS) is 18.9. The Hall–Kier alpha value is -2.54. The molecule has 0 saturated carbocycles. The molecule has 0 aromatic carbocycles. The number of allylic oxidation sites excluding steroid dienone is 6. The van der Waals surface area contributed by atoms with E-state index in [4.69, 9.17) is 10.00 Å². The summed E-state index contributed by atoms with van der Waals surface area (Å²) in [6.45, 7) is 1.96. The summed E-state index contributed by atoms with van der Waals surface area (Å²) >= 11 is 0. The minimum absolute atomic E-state index is 0.0126. The van der Waals surface area contributed by atoms with Gasteiger partial charge in [-0.3, -0.25) is 0 Å². The van der Waals surface area contributed by atoms with Gasteiger partial charge in [0.2, 0.25) is 0 Å². The van der Waals surface area contributed by atoms with Crippen LogP contribution in [0.25, 0.3) is 0 Å². The first-order chi connectivity index (χ1) is 8.77. The van der Waals surface area contributed by atoms with Gasteiger partial charge >= 0.3 is 5.97 Å². The molecule has 0 amide bonds. The molecule has 2 rings (SSSR count). The van der Waals surface area contributed by atoms with Crippen molar-refractivity contribution >= 4 is 5.97 Å². The topological polar surface area (TPSA) is 53.3 Å². The summed E-state index contributed by atoms with van der Waals surface area (Å²) in [5.74, 6) is -0.594. The Balaban J connectivity index is 2.43. The van der Waals surface area contributed by atoms with Crippen molar-refractivity contribution in [1.82, 2.24) is 4.90 Å². The maximum Gasteiger partial charge on any atom is 0.351 e. The van der Waals surface area contributed by atoms with Crippen LogP contribution in [0.5, 0.6) is 0 Å². The van der Waals surface area contributed by atoms with Gasteiger partial charge in [0.15, 0.2) is 5.57 Å². The van der Waals surface area contributed by atoms with Gasteiger partial charge in [0.1, 0.15) is 6.07 Å². The van der Waals surface area contributed by atoms with E-state index in [0.717, 1.165) is 5.70 Å². The average molecular weight is 240 g/mol. The van der Waals surface area contributed by atoms with Crippen molar-refractivity contribution in [3.63, 3.8) is 0 Å². The SMILES string of the molecule is CCOC(=O)/C(C#N)=C1\C=CC=C2C=CC=CN21. The lowest BCUT2D eigenvalue weighted by Gasteiger charge is -2.27. The number of esters is 1. The van der Waals surface area contributed by atoms with Crippen LogP contribution in [-0.4, -0.2) is 17.5 Å². The van der Waals surface area contributed by atoms with E-state index >= 15 is 0 Å². The van der Waals surface area contributed by atoms with E-state index in [1.807, 2.05) is 30.4 Å². The highest BCUT2D eigenvalue weighted by molar-refractivity contribution is 5.94. The number of nitriles is 1. The van der Waals surface area contributed by atoms with E-state index in [1.54, 1.807) is 30.2 Å². The highest BCUT2D eigenvalue weighted by Crippen LogP contribution is 2.26. The zero-order chi connectivity index (χ0) is 13.0. The third-order valence-corrected chi connectivity index (χ3v) is 2.52. The quantitative estimate of drug-likeness (QED) is 0.421. The Morgan fingerprint density at radius 3 is 2.94 bits per heavy atom. The molecule has 4 nitrogen and oxygen atoms in total. The Labute approximate surface area is 105 Å². The molecule has 0 spiro atoms. The number of fused-ring (bicyclic) bond motifs is 1. The molecule has 0 aromatic rings. The van der Waals surface area contributed by atoms with Gasteiger partial charge in [0, 0.05) is 11.9 Å². The molecule has 0 unspecified atom stereocenters. The van der Waals surface area contributed by atoms with Crippen LogP contribution in [0, 0.1) is 11.3 Å². The molecular formula is C14H12N2O2. The van der Waals surface area contributed by atoms with Crippen LogP contribution in [0.1, 0.15) is 6.92 Å². The zero-order valence-corrected chi connectivity index (χ0v) is 9.96. The van der Waals surface area contributed by atoms with Gasteiger partial charge in [-0.05, 0) is 31.2 Å². The second-order valence-electron chi connectivity index (χ2n) is 3.61. The fourth-order valence-corrected chi connectivity index (χ4v) is 1.74. The molecule has 18 heavy (non-hydrogen) atoms. The Kier molecular flexibility index (Phi) is 3.44. The molecule has 2 aliphatic heterocycles. The first kappa shape index (κ1) is 11.9. The highest BCUT2D eigenvalue weighted by atomic mass is 16.5. The van der Waals surface area contributed by atoms with Crippen molar-refractivity contribution in [2.45, 2.75) is 6.92 Å². The van der Waals surface area contributed by atoms with Crippen LogP contribution in [0.3, 0.4) is 0 Å². The molecule has 4 heteroatoms. The molecule has 2 heterocycles. The number of nitrogens with zero attached hydrogens (tertiary/aromatic N) is 2. The van der Waals surface area contributed by atoms with Crippen LogP contribution in [0.4, 0.5) is 0 Å². The maximum absolute atomic E-state index is 11.7. The maximum atomic E-state index is 11.7. The summed E-state index contributed by atoms with van der Waals surface area (Å²) < 4.78 is 4.89. The Morgan fingerprint density at radius 2 is 2.22 bits per heavy atom. The van der Waals surface area contributed by atoms with Crippen molar-refractivity contribution in [2.24, 2.45) is 0 Å². The van der Waals surface area contributed by atoms with Crippen molar-refractivity contribution in [1.29, 1.82) is 5.26 Å². The zero-order valence-electron chi connectivity index (χ0n) is 9.96. The molecule has 0 atom stereocenters. The summed E-state index contributed by atoms with van der Waals surface area (Å²) in [5, 5.41) is 9.13. The minimum atomic E-state index is -0.594. The molecule has 2 aliphatic rings. The monoisotopic (exact) mass is 240 g/mol. The first-order valence-electron chi connectivity index (χ1n) is 5.62. The second kappa shape index (κ2) is 5.19. The Bertz CT molecular complexity index is 557. The van der Waals surface area contributed by atoms with Crippen molar-refractivity contribution < 1.29 is 9.53 Å². The predicted molar refractivity (Wildman–Crippen MR) is 66.6 cm³/mol. The smallest absolute Gasteiger partial charge is 0.351 e. The summed E-state index contributed by atoms with van der Waals surface area (Å²) in [5.41, 5.74) is 1.46. The fraction of sp³-hybridized carbons (Fsp3) is 0.143. The number of ether oxygens (including phenoxy) is 1. The van der Waals surface area contributed by atoms with Gasteiger partial charge in [-0.25, -0.2) is 4.79 Å². The largest absolute Gasteiger partial charge is 0.462 e. The molecule has 0 radical (unpaired) electrons. The lowest BCUT2D eigenvalue weighted by molar-refractivity contribution is -0.138. The molecule has 0 aliphatic carbocycles. The molecule has 0 saturated heterocycles. The fourth-order valence-electron chi connectivity index (χ4n) is 1.74. The van der Waals surface area contributed by atoms with Gasteiger partial charge in [0.05, 0.1) is 12.3 Å². The third-order valence-electron chi connectivity index (χ3n) is 2.52. The highest BCUT2D eigenvalue weighted by Gasteiger charge is 2.22. The molecule has 90 valence electrons. The summed E-state index contributed by atoms with van der Waals surface area (Å²) in [4.78, 5) is 13.5. The van der Waals surface area contributed by atoms with Crippen molar-refractivity contribution in [3.05, 3.63) is 59.6 Å². The standard InChI is InChI=1S/C14H12N2O2/c1-2-18-14(17)12(10-15)13-8-5-7-11-6-3-4-9-16(11)13/h3-9H,2H2,1H3/b13-12+. The van der Waals surface area contributed by atoms with Crippen LogP contribution in [-0.2, 0) is 9.53 Å². The van der Waals surface area contributed by atoms with E-state index < -0.39 is 5.97 Å². The lowest BCUT2D eigenvalue weighted by Crippen LogP contribution is -2.22. The number of hydrogen-bond donors (Lipinski definition) is 0. The minimum Gasteiger partial charge on any atom is -0.462 e. The Morgan fingerprint density at radius 1 is 1.39 bits per heavy atom. The second-order valence-corrected chi connectivity index (χ2v) is 3.61. The van der Waals surface area contributed by atoms with Crippen LogP contribution in [0.15, 0.2) is 59.6 Å². The van der Waals surface area contributed by atoms with Crippen LogP contribution >= 0.6 is 0 Å². The average Bonchev–Trinajstić information content (AvgIpc) is 2.40. The van der Waals surface area contributed by atoms with E-state index in [9.17, 15) is 4.79 Å². The van der Waals surface area contributed by atoms with Crippen LogP contribution in [0.2, 0.25) is 0 Å². The van der Waals surface area contributed by atoms with Crippen molar-refractivity contribution in [2.75, 3.05) is 6.61 Å². The molecule has 0 aromatic heterocycles. The van der Waals surface area contributed by atoms with Crippen molar-refractivity contribution in [3.8, 4) is 6.07 Å². The van der Waals surface area contributed by atoms with E-state index in [1.165, 1.54) is 0 Å². The van der Waals surface area contributed by atoms with Gasteiger partial charge in [-0.15, -0.1) is 0 Å².